The average Bonchev–Trinajstić information content (AvgIpc) is 2.78. The van der Waals surface area contributed by atoms with Crippen molar-refractivity contribution >= 4 is 35.4 Å². The Kier molecular flexibility index (Phi) is 8.16. The van der Waals surface area contributed by atoms with Crippen LogP contribution in [0.5, 0.6) is 11.5 Å². The van der Waals surface area contributed by atoms with E-state index in [9.17, 15) is 9.59 Å². The number of benzene rings is 2. The van der Waals surface area contributed by atoms with Crippen molar-refractivity contribution in [3.8, 4) is 11.5 Å². The first-order chi connectivity index (χ1) is 15.8. The summed E-state index contributed by atoms with van der Waals surface area (Å²) in [6.07, 6.45) is 4.71. The Balaban J connectivity index is 1.63. The molecule has 2 unspecified atom stereocenters. The van der Waals surface area contributed by atoms with Crippen LogP contribution in [0.3, 0.4) is 0 Å². The highest BCUT2D eigenvalue weighted by atomic mass is 35.5. The molecule has 3 rings (SSSR count). The number of nitrogens with zero attached hydrogens (tertiary/aromatic N) is 2. The number of halogens is 1. The van der Waals surface area contributed by atoms with E-state index < -0.39 is 5.97 Å². The molecule has 2 aromatic rings. The average molecular weight is 474 g/mol. The summed E-state index contributed by atoms with van der Waals surface area (Å²) in [5, 5.41) is 13.4. The van der Waals surface area contributed by atoms with Crippen LogP contribution < -0.4 is 14.9 Å². The molecule has 0 spiro atoms. The third-order valence-electron chi connectivity index (χ3n) is 5.62. The van der Waals surface area contributed by atoms with Crippen LogP contribution in [0.15, 0.2) is 41.5 Å². The molecule has 33 heavy (non-hydrogen) atoms. The molecule has 0 aliphatic carbocycles. The summed E-state index contributed by atoms with van der Waals surface area (Å²) in [5.41, 5.74) is 3.98. The fraction of sp³-hybridized carbons (Fsp3) is 0.375. The number of carbonyl (C=O) groups excluding carboxylic acids is 1. The molecule has 2 aromatic carbocycles. The number of amides is 1. The van der Waals surface area contributed by atoms with Crippen molar-refractivity contribution in [3.63, 3.8) is 0 Å². The monoisotopic (exact) mass is 473 g/mol. The Morgan fingerprint density at radius 2 is 1.91 bits per heavy atom. The Morgan fingerprint density at radius 1 is 1.18 bits per heavy atom. The van der Waals surface area contributed by atoms with Crippen LogP contribution in [0.25, 0.3) is 0 Å². The van der Waals surface area contributed by atoms with E-state index in [1.165, 1.54) is 19.2 Å². The molecule has 0 bridgehead atoms. The van der Waals surface area contributed by atoms with Crippen molar-refractivity contribution in [1.29, 1.82) is 0 Å². The van der Waals surface area contributed by atoms with Crippen LogP contribution >= 0.6 is 11.6 Å². The Hall–Kier alpha value is -3.26. The molecule has 2 N–H and O–H groups in total. The van der Waals surface area contributed by atoms with Gasteiger partial charge in [0.15, 0.2) is 18.1 Å². The number of carboxylic acids is 1. The number of nitrogens with one attached hydrogen (secondary N) is 1. The van der Waals surface area contributed by atoms with E-state index in [0.717, 1.165) is 24.8 Å². The zero-order valence-electron chi connectivity index (χ0n) is 18.9. The highest BCUT2D eigenvalue weighted by Gasteiger charge is 2.29. The number of methoxy groups -OCH3 is 1. The molecule has 1 heterocycles. The molecule has 1 saturated heterocycles. The van der Waals surface area contributed by atoms with Crippen molar-refractivity contribution in [2.45, 2.75) is 45.2 Å². The summed E-state index contributed by atoms with van der Waals surface area (Å²) in [4.78, 5) is 25.8. The lowest BCUT2D eigenvalue weighted by Gasteiger charge is -2.39. The van der Waals surface area contributed by atoms with E-state index in [1.807, 2.05) is 4.90 Å². The van der Waals surface area contributed by atoms with Gasteiger partial charge in [0.1, 0.15) is 0 Å². The predicted octanol–water partition coefficient (Wildman–Crippen LogP) is 4.66. The molecule has 1 fully saturated rings. The number of hydrazone groups is 1. The maximum Gasteiger partial charge on any atom is 0.337 e. The highest BCUT2D eigenvalue weighted by molar-refractivity contribution is 6.33. The number of rotatable bonds is 8. The number of piperidine rings is 1. The topological polar surface area (TPSA) is 100 Å². The molecule has 9 heteroatoms. The number of carboxylic acid groups (broad SMARTS) is 1. The smallest absolute Gasteiger partial charge is 0.337 e. The SMILES string of the molecule is COc1cc(C=NNc2ccc(Cl)c(C(=O)O)c2)ccc1OCC(=O)N1C(C)CCCC1C. The van der Waals surface area contributed by atoms with Gasteiger partial charge < -0.3 is 19.5 Å². The van der Waals surface area contributed by atoms with Gasteiger partial charge in [-0.2, -0.15) is 5.10 Å². The third kappa shape index (κ3) is 6.16. The summed E-state index contributed by atoms with van der Waals surface area (Å²) in [7, 11) is 1.53. The maximum absolute atomic E-state index is 12.7. The molecule has 8 nitrogen and oxygen atoms in total. The molecule has 2 atom stereocenters. The van der Waals surface area contributed by atoms with Gasteiger partial charge in [-0.1, -0.05) is 11.6 Å². The zero-order chi connectivity index (χ0) is 24.0. The molecule has 1 aliphatic heterocycles. The maximum atomic E-state index is 12.7. The van der Waals surface area contributed by atoms with Crippen molar-refractivity contribution < 1.29 is 24.2 Å². The minimum Gasteiger partial charge on any atom is -0.493 e. The number of carbonyl (C=O) groups is 2. The van der Waals surface area contributed by atoms with Crippen LogP contribution in [0.4, 0.5) is 5.69 Å². The van der Waals surface area contributed by atoms with E-state index in [1.54, 1.807) is 30.5 Å². The molecule has 0 aromatic heterocycles. The van der Waals surface area contributed by atoms with E-state index in [-0.39, 0.29) is 35.2 Å². The molecule has 1 amide bonds. The highest BCUT2D eigenvalue weighted by Crippen LogP contribution is 2.29. The second-order valence-corrected chi connectivity index (χ2v) is 8.41. The standard InChI is InChI=1S/C24H28ClN3O5/c1-15-5-4-6-16(2)28(15)23(29)14-33-21-10-7-17(11-22(21)32-3)13-26-27-18-8-9-20(25)19(12-18)24(30)31/h7-13,15-16,27H,4-6,14H2,1-3H3,(H,30,31). The first-order valence-corrected chi connectivity index (χ1v) is 11.1. The van der Waals surface area contributed by atoms with Crippen LogP contribution in [0, 0.1) is 0 Å². The van der Waals surface area contributed by atoms with Crippen molar-refractivity contribution in [3.05, 3.63) is 52.5 Å². The van der Waals surface area contributed by atoms with Crippen molar-refractivity contribution in [2.75, 3.05) is 19.1 Å². The summed E-state index contributed by atoms with van der Waals surface area (Å²) in [6, 6.07) is 10.2. The van der Waals surface area contributed by atoms with Gasteiger partial charge in [0.25, 0.3) is 5.91 Å². The Morgan fingerprint density at radius 3 is 2.58 bits per heavy atom. The predicted molar refractivity (Wildman–Crippen MR) is 128 cm³/mol. The molecular weight excluding hydrogens is 446 g/mol. The summed E-state index contributed by atoms with van der Waals surface area (Å²) in [6.45, 7) is 4.09. The fourth-order valence-electron chi connectivity index (χ4n) is 3.95. The molecular formula is C24H28ClN3O5. The minimum atomic E-state index is -1.12. The van der Waals surface area contributed by atoms with E-state index in [0.29, 0.717) is 17.2 Å². The van der Waals surface area contributed by atoms with Gasteiger partial charge in [-0.3, -0.25) is 10.2 Å². The van der Waals surface area contributed by atoms with Crippen LogP contribution in [-0.4, -0.2) is 53.9 Å². The number of hydrogen-bond donors (Lipinski definition) is 2. The van der Waals surface area contributed by atoms with Gasteiger partial charge in [-0.15, -0.1) is 0 Å². The summed E-state index contributed by atoms with van der Waals surface area (Å²) >= 11 is 5.88. The van der Waals surface area contributed by atoms with Gasteiger partial charge in [-0.05, 0) is 75.1 Å². The number of likely N-dealkylation sites (tertiary alicyclic amines) is 1. The Labute approximate surface area is 198 Å². The normalized spacial score (nSPS) is 18.2. The quantitative estimate of drug-likeness (QED) is 0.427. The minimum absolute atomic E-state index is 0.0112. The van der Waals surface area contributed by atoms with Crippen LogP contribution in [0.2, 0.25) is 5.02 Å². The van der Waals surface area contributed by atoms with Crippen molar-refractivity contribution in [2.24, 2.45) is 5.10 Å². The van der Waals surface area contributed by atoms with Crippen LogP contribution in [0.1, 0.15) is 49.0 Å². The van der Waals surface area contributed by atoms with E-state index in [4.69, 9.17) is 26.2 Å². The van der Waals surface area contributed by atoms with E-state index >= 15 is 0 Å². The number of anilines is 1. The van der Waals surface area contributed by atoms with Crippen molar-refractivity contribution in [1.82, 2.24) is 4.90 Å². The summed E-state index contributed by atoms with van der Waals surface area (Å²) in [5.74, 6) is -0.200. The Bertz CT molecular complexity index is 1030. The number of hydrogen-bond acceptors (Lipinski definition) is 6. The number of aromatic carboxylic acids is 1. The zero-order valence-corrected chi connectivity index (χ0v) is 19.6. The summed E-state index contributed by atoms with van der Waals surface area (Å²) < 4.78 is 11.2. The van der Waals surface area contributed by atoms with Gasteiger partial charge in [-0.25, -0.2) is 4.79 Å². The second-order valence-electron chi connectivity index (χ2n) is 8.00. The lowest BCUT2D eigenvalue weighted by molar-refractivity contribution is -0.139. The fourth-order valence-corrected chi connectivity index (χ4v) is 4.15. The van der Waals surface area contributed by atoms with Gasteiger partial charge in [0.05, 0.1) is 29.6 Å². The largest absolute Gasteiger partial charge is 0.493 e. The first-order valence-electron chi connectivity index (χ1n) is 10.7. The third-order valence-corrected chi connectivity index (χ3v) is 5.95. The number of ether oxygens (including phenoxy) is 2. The van der Waals surface area contributed by atoms with Gasteiger partial charge in [0, 0.05) is 12.1 Å². The van der Waals surface area contributed by atoms with Gasteiger partial charge in [0.2, 0.25) is 0 Å². The van der Waals surface area contributed by atoms with E-state index in [2.05, 4.69) is 24.4 Å². The lowest BCUT2D eigenvalue weighted by Crippen LogP contribution is -2.49. The lowest BCUT2D eigenvalue weighted by atomic mass is 9.97. The molecule has 1 aliphatic rings. The van der Waals surface area contributed by atoms with Gasteiger partial charge >= 0.3 is 5.97 Å². The molecule has 0 saturated carbocycles. The molecule has 176 valence electrons. The second kappa shape index (κ2) is 11.0. The first kappa shape index (κ1) is 24.4. The van der Waals surface area contributed by atoms with Crippen LogP contribution in [-0.2, 0) is 4.79 Å². The molecule has 0 radical (unpaired) electrons.